The fourth-order valence-electron chi connectivity index (χ4n) is 2.56. The molecule has 3 rings (SSSR count). The number of halogens is 1. The Bertz CT molecular complexity index is 506. The van der Waals surface area contributed by atoms with Crippen LogP contribution in [0.25, 0.3) is 0 Å². The fraction of sp³-hybridized carbons (Fsp3) is 0.429. The van der Waals surface area contributed by atoms with E-state index in [1.807, 2.05) is 23.5 Å². The number of fused-ring (bicyclic) bond motifs is 1. The Labute approximate surface area is 120 Å². The van der Waals surface area contributed by atoms with Gasteiger partial charge in [-0.25, -0.2) is 0 Å². The maximum atomic E-state index is 5.35. The molecule has 1 atom stereocenters. The van der Waals surface area contributed by atoms with E-state index in [0.717, 1.165) is 18.7 Å². The molecule has 1 N–H and O–H groups in total. The SMILES string of the molecule is Brc1cc2c(s1)CCCC2NCCc1ccco1. The van der Waals surface area contributed by atoms with Crippen molar-refractivity contribution in [3.05, 3.63) is 44.4 Å². The number of furan rings is 1. The summed E-state index contributed by atoms with van der Waals surface area (Å²) >= 11 is 5.48. The molecule has 0 aromatic carbocycles. The summed E-state index contributed by atoms with van der Waals surface area (Å²) in [6.45, 7) is 0.977. The van der Waals surface area contributed by atoms with Gasteiger partial charge in [0.05, 0.1) is 10.0 Å². The van der Waals surface area contributed by atoms with Crippen LogP contribution in [0.15, 0.2) is 32.7 Å². The molecule has 0 fully saturated rings. The van der Waals surface area contributed by atoms with E-state index in [0.29, 0.717) is 6.04 Å². The van der Waals surface area contributed by atoms with Gasteiger partial charge in [-0.1, -0.05) is 0 Å². The first-order chi connectivity index (χ1) is 8.83. The number of hydrogen-bond donors (Lipinski definition) is 1. The zero-order valence-electron chi connectivity index (χ0n) is 10.1. The molecule has 2 nitrogen and oxygen atoms in total. The molecule has 4 heteroatoms. The maximum absolute atomic E-state index is 5.35. The third kappa shape index (κ3) is 2.71. The van der Waals surface area contributed by atoms with Crippen LogP contribution in [0.2, 0.25) is 0 Å². The number of aryl methyl sites for hydroxylation is 1. The van der Waals surface area contributed by atoms with E-state index in [4.69, 9.17) is 4.42 Å². The lowest BCUT2D eigenvalue weighted by Crippen LogP contribution is -2.26. The predicted octanol–water partition coefficient (Wildman–Crippen LogP) is 4.31. The zero-order valence-corrected chi connectivity index (χ0v) is 12.5. The van der Waals surface area contributed by atoms with Gasteiger partial charge in [0.2, 0.25) is 0 Å². The molecule has 18 heavy (non-hydrogen) atoms. The number of hydrogen-bond acceptors (Lipinski definition) is 3. The normalized spacial score (nSPS) is 18.8. The lowest BCUT2D eigenvalue weighted by Gasteiger charge is -2.23. The van der Waals surface area contributed by atoms with Crippen LogP contribution in [0.1, 0.15) is 35.1 Å². The van der Waals surface area contributed by atoms with Crippen LogP contribution in [0, 0.1) is 0 Å². The first-order valence-corrected chi connectivity index (χ1v) is 7.98. The second-order valence-electron chi connectivity index (χ2n) is 4.66. The molecule has 0 spiro atoms. The standard InChI is InChI=1S/C14H16BrNOS/c15-14-9-11-12(4-1-5-13(11)18-14)16-7-6-10-3-2-8-17-10/h2-3,8-9,12,16H,1,4-7H2. The summed E-state index contributed by atoms with van der Waals surface area (Å²) in [5.74, 6) is 1.06. The average molecular weight is 326 g/mol. The largest absolute Gasteiger partial charge is 0.469 e. The quantitative estimate of drug-likeness (QED) is 0.905. The van der Waals surface area contributed by atoms with E-state index in [9.17, 15) is 0 Å². The van der Waals surface area contributed by atoms with Gasteiger partial charge in [-0.3, -0.25) is 0 Å². The van der Waals surface area contributed by atoms with Crippen molar-refractivity contribution in [3.63, 3.8) is 0 Å². The molecule has 0 bridgehead atoms. The zero-order chi connectivity index (χ0) is 12.4. The van der Waals surface area contributed by atoms with Gasteiger partial charge >= 0.3 is 0 Å². The first-order valence-electron chi connectivity index (χ1n) is 6.37. The lowest BCUT2D eigenvalue weighted by molar-refractivity contribution is 0.445. The molecule has 0 aliphatic heterocycles. The van der Waals surface area contributed by atoms with Crippen LogP contribution in [0.3, 0.4) is 0 Å². The van der Waals surface area contributed by atoms with E-state index in [1.165, 1.54) is 28.6 Å². The van der Waals surface area contributed by atoms with E-state index >= 15 is 0 Å². The molecule has 2 aromatic heterocycles. The third-order valence-corrected chi connectivity index (χ3v) is 5.14. The summed E-state index contributed by atoms with van der Waals surface area (Å²) in [7, 11) is 0. The second kappa shape index (κ2) is 5.59. The van der Waals surface area contributed by atoms with Crippen LogP contribution in [0.4, 0.5) is 0 Å². The Morgan fingerprint density at radius 1 is 1.50 bits per heavy atom. The number of thiophene rings is 1. The summed E-state index contributed by atoms with van der Waals surface area (Å²) in [5.41, 5.74) is 1.50. The molecule has 2 heterocycles. The molecule has 1 aliphatic carbocycles. The summed E-state index contributed by atoms with van der Waals surface area (Å²) in [6, 6.07) is 6.79. The smallest absolute Gasteiger partial charge is 0.105 e. The van der Waals surface area contributed by atoms with Gasteiger partial charge < -0.3 is 9.73 Å². The van der Waals surface area contributed by atoms with Crippen molar-refractivity contribution >= 4 is 27.3 Å². The van der Waals surface area contributed by atoms with Crippen molar-refractivity contribution in [1.82, 2.24) is 5.32 Å². The highest BCUT2D eigenvalue weighted by molar-refractivity contribution is 9.11. The summed E-state index contributed by atoms with van der Waals surface area (Å²) < 4.78 is 6.61. The van der Waals surface area contributed by atoms with Gasteiger partial charge in [0.15, 0.2) is 0 Å². The van der Waals surface area contributed by atoms with Crippen molar-refractivity contribution in [2.75, 3.05) is 6.54 Å². The highest BCUT2D eigenvalue weighted by Crippen LogP contribution is 2.37. The Balaban J connectivity index is 1.60. The first kappa shape index (κ1) is 12.5. The van der Waals surface area contributed by atoms with Crippen LogP contribution >= 0.6 is 27.3 Å². The number of rotatable bonds is 4. The van der Waals surface area contributed by atoms with Gasteiger partial charge in [-0.15, -0.1) is 11.3 Å². The van der Waals surface area contributed by atoms with Crippen LogP contribution in [-0.4, -0.2) is 6.54 Å². The Morgan fingerprint density at radius 2 is 2.44 bits per heavy atom. The van der Waals surface area contributed by atoms with Crippen molar-refractivity contribution in [2.45, 2.75) is 31.7 Å². The highest BCUT2D eigenvalue weighted by atomic mass is 79.9. The average Bonchev–Trinajstić information content (AvgIpc) is 2.97. The molecular formula is C14H16BrNOS. The molecule has 96 valence electrons. The van der Waals surface area contributed by atoms with Crippen LogP contribution < -0.4 is 5.32 Å². The Hall–Kier alpha value is -0.580. The monoisotopic (exact) mass is 325 g/mol. The molecule has 0 amide bonds. The molecule has 1 unspecified atom stereocenters. The summed E-state index contributed by atoms with van der Waals surface area (Å²) in [4.78, 5) is 1.55. The molecule has 2 aromatic rings. The van der Waals surface area contributed by atoms with Gasteiger partial charge in [0.25, 0.3) is 0 Å². The maximum Gasteiger partial charge on any atom is 0.105 e. The summed E-state index contributed by atoms with van der Waals surface area (Å²) in [5, 5.41) is 3.66. The van der Waals surface area contributed by atoms with Crippen LogP contribution in [-0.2, 0) is 12.8 Å². The van der Waals surface area contributed by atoms with E-state index < -0.39 is 0 Å². The Morgan fingerprint density at radius 3 is 3.28 bits per heavy atom. The van der Waals surface area contributed by atoms with Crippen molar-refractivity contribution in [2.24, 2.45) is 0 Å². The molecule has 0 radical (unpaired) electrons. The fourth-order valence-corrected chi connectivity index (χ4v) is 4.38. The molecular weight excluding hydrogens is 310 g/mol. The minimum Gasteiger partial charge on any atom is -0.469 e. The van der Waals surface area contributed by atoms with Gasteiger partial charge in [0.1, 0.15) is 5.76 Å². The molecule has 1 aliphatic rings. The highest BCUT2D eigenvalue weighted by Gasteiger charge is 2.21. The van der Waals surface area contributed by atoms with Crippen molar-refractivity contribution in [1.29, 1.82) is 0 Å². The van der Waals surface area contributed by atoms with Gasteiger partial charge in [0, 0.05) is 23.9 Å². The minimum absolute atomic E-state index is 0.520. The summed E-state index contributed by atoms with van der Waals surface area (Å²) in [6.07, 6.45) is 6.48. The third-order valence-electron chi connectivity index (χ3n) is 3.43. The van der Waals surface area contributed by atoms with E-state index in [1.54, 1.807) is 11.1 Å². The molecule has 0 saturated heterocycles. The lowest BCUT2D eigenvalue weighted by atomic mass is 9.94. The Kier molecular flexibility index (Phi) is 3.87. The second-order valence-corrected chi connectivity index (χ2v) is 7.17. The topological polar surface area (TPSA) is 25.2 Å². The number of nitrogens with one attached hydrogen (secondary N) is 1. The van der Waals surface area contributed by atoms with Crippen LogP contribution in [0.5, 0.6) is 0 Å². The minimum atomic E-state index is 0.520. The van der Waals surface area contributed by atoms with Crippen molar-refractivity contribution < 1.29 is 4.42 Å². The predicted molar refractivity (Wildman–Crippen MR) is 78.1 cm³/mol. The van der Waals surface area contributed by atoms with E-state index in [2.05, 4.69) is 27.3 Å². The van der Waals surface area contributed by atoms with Gasteiger partial charge in [-0.05, 0) is 59.0 Å². The van der Waals surface area contributed by atoms with Crippen molar-refractivity contribution in [3.8, 4) is 0 Å². The van der Waals surface area contributed by atoms with Gasteiger partial charge in [-0.2, -0.15) is 0 Å². The van der Waals surface area contributed by atoms with E-state index in [-0.39, 0.29) is 0 Å². The molecule has 0 saturated carbocycles.